The van der Waals surface area contributed by atoms with Crippen molar-refractivity contribution in [2.45, 2.75) is 19.6 Å². The average molecular weight is 421 g/mol. The van der Waals surface area contributed by atoms with Crippen LogP contribution in [0, 0.1) is 17.0 Å². The van der Waals surface area contributed by atoms with Crippen LogP contribution in [0.15, 0.2) is 65.8 Å². The van der Waals surface area contributed by atoms with Gasteiger partial charge in [0.05, 0.1) is 17.7 Å². The summed E-state index contributed by atoms with van der Waals surface area (Å²) in [5.41, 5.74) is 0.875. The van der Waals surface area contributed by atoms with Crippen molar-refractivity contribution in [2.75, 3.05) is 6.61 Å². The number of hydrogen-bond acceptors (Lipinski definition) is 7. The number of nitro groups is 1. The molecule has 2 heterocycles. The summed E-state index contributed by atoms with van der Waals surface area (Å²) >= 11 is 0. The van der Waals surface area contributed by atoms with E-state index in [9.17, 15) is 20.0 Å². The molecule has 10 nitrogen and oxygen atoms in total. The molecule has 0 saturated carbocycles. The third-order valence-electron chi connectivity index (χ3n) is 4.70. The van der Waals surface area contributed by atoms with Crippen molar-refractivity contribution in [1.82, 2.24) is 19.3 Å². The van der Waals surface area contributed by atoms with Crippen LogP contribution < -0.4 is 10.3 Å². The molecule has 0 aliphatic rings. The van der Waals surface area contributed by atoms with E-state index in [0.717, 1.165) is 5.56 Å². The van der Waals surface area contributed by atoms with Crippen LogP contribution in [0.4, 0.5) is 5.69 Å². The van der Waals surface area contributed by atoms with Gasteiger partial charge in [-0.2, -0.15) is 5.10 Å². The highest BCUT2D eigenvalue weighted by molar-refractivity contribution is 5.76. The second-order valence-corrected chi connectivity index (χ2v) is 7.02. The monoisotopic (exact) mass is 421 g/mol. The first-order valence-electron chi connectivity index (χ1n) is 9.48. The number of hydrogen-bond donors (Lipinski definition) is 1. The largest absolute Gasteiger partial charge is 0.491 e. The highest BCUT2D eigenvalue weighted by Gasteiger charge is 2.19. The Kier molecular flexibility index (Phi) is 5.46. The number of fused-ring (bicyclic) bond motifs is 1. The molecule has 0 aliphatic carbocycles. The summed E-state index contributed by atoms with van der Waals surface area (Å²) < 4.78 is 8.10. The number of nitrogens with zero attached hydrogens (tertiary/aromatic N) is 5. The number of aliphatic hydroxyl groups excluding tert-OH is 1. The molecule has 158 valence electrons. The molecule has 0 radical (unpaired) electrons. The Morgan fingerprint density at radius 2 is 2.03 bits per heavy atom. The molecule has 0 saturated heterocycles. The van der Waals surface area contributed by atoms with Gasteiger partial charge >= 0.3 is 0 Å². The fourth-order valence-electron chi connectivity index (χ4n) is 3.23. The summed E-state index contributed by atoms with van der Waals surface area (Å²) in [7, 11) is 0. The minimum absolute atomic E-state index is 0.00338. The summed E-state index contributed by atoms with van der Waals surface area (Å²) in [6, 6.07) is 13.5. The highest BCUT2D eigenvalue weighted by atomic mass is 16.6. The Morgan fingerprint density at radius 3 is 2.81 bits per heavy atom. The Morgan fingerprint density at radius 1 is 1.23 bits per heavy atom. The van der Waals surface area contributed by atoms with E-state index < -0.39 is 16.6 Å². The van der Waals surface area contributed by atoms with Gasteiger partial charge in [-0.1, -0.05) is 24.3 Å². The first-order valence-corrected chi connectivity index (χ1v) is 9.48. The third-order valence-corrected chi connectivity index (χ3v) is 4.70. The van der Waals surface area contributed by atoms with E-state index in [2.05, 4.69) is 10.1 Å². The smallest absolute Gasteiger partial charge is 0.294 e. The van der Waals surface area contributed by atoms with E-state index in [4.69, 9.17) is 4.74 Å². The zero-order valence-electron chi connectivity index (χ0n) is 16.6. The molecule has 1 N–H and O–H groups in total. The summed E-state index contributed by atoms with van der Waals surface area (Å²) in [6.07, 6.45) is 1.66. The van der Waals surface area contributed by atoms with Crippen LogP contribution >= 0.6 is 0 Å². The van der Waals surface area contributed by atoms with Gasteiger partial charge in [-0.3, -0.25) is 19.5 Å². The number of benzene rings is 2. The maximum absolute atomic E-state index is 12.8. The Bertz CT molecular complexity index is 1310. The van der Waals surface area contributed by atoms with Crippen LogP contribution in [0.3, 0.4) is 0 Å². The van der Waals surface area contributed by atoms with Crippen molar-refractivity contribution in [2.24, 2.45) is 0 Å². The van der Waals surface area contributed by atoms with Crippen LogP contribution in [0.5, 0.6) is 5.75 Å². The molecule has 1 unspecified atom stereocenters. The molecule has 2 aromatic heterocycles. The SMILES string of the molecule is Cc1cccc(OCC(O)Cn2cnc3c(cnn3-c3ccccc3[N+](=O)[O-])c2=O)c1. The predicted molar refractivity (Wildman–Crippen MR) is 112 cm³/mol. The number of para-hydroxylation sites is 2. The summed E-state index contributed by atoms with van der Waals surface area (Å²) in [5, 5.41) is 25.9. The van der Waals surface area contributed by atoms with Crippen molar-refractivity contribution < 1.29 is 14.8 Å². The molecular formula is C21H19N5O5. The molecule has 0 bridgehead atoms. The Balaban J connectivity index is 1.57. The lowest BCUT2D eigenvalue weighted by Crippen LogP contribution is -2.30. The molecule has 0 spiro atoms. The van der Waals surface area contributed by atoms with Crippen molar-refractivity contribution in [1.29, 1.82) is 0 Å². The Hall–Kier alpha value is -4.05. The molecule has 10 heteroatoms. The summed E-state index contributed by atoms with van der Waals surface area (Å²) in [4.78, 5) is 27.9. The summed E-state index contributed by atoms with van der Waals surface area (Å²) in [6.45, 7) is 1.92. The van der Waals surface area contributed by atoms with Gasteiger partial charge in [-0.25, -0.2) is 9.67 Å². The van der Waals surface area contributed by atoms with Gasteiger partial charge in [-0.15, -0.1) is 0 Å². The van der Waals surface area contributed by atoms with Crippen LogP contribution in [0.2, 0.25) is 0 Å². The molecule has 1 atom stereocenters. The van der Waals surface area contributed by atoms with Crippen LogP contribution in [-0.2, 0) is 6.54 Å². The second-order valence-electron chi connectivity index (χ2n) is 7.02. The highest BCUT2D eigenvalue weighted by Crippen LogP contribution is 2.23. The molecule has 0 aliphatic heterocycles. The molecule has 4 aromatic rings. The normalized spacial score (nSPS) is 12.1. The predicted octanol–water partition coefficient (Wildman–Crippen LogP) is 2.24. The van der Waals surface area contributed by atoms with E-state index in [1.807, 2.05) is 25.1 Å². The van der Waals surface area contributed by atoms with E-state index >= 15 is 0 Å². The number of aromatic nitrogens is 4. The van der Waals surface area contributed by atoms with Crippen LogP contribution in [0.1, 0.15) is 5.56 Å². The molecule has 0 fully saturated rings. The van der Waals surface area contributed by atoms with E-state index in [1.54, 1.807) is 18.2 Å². The van der Waals surface area contributed by atoms with Crippen molar-refractivity contribution in [3.05, 3.63) is 87.1 Å². The number of rotatable bonds is 7. The third kappa shape index (κ3) is 4.14. The Labute approximate surface area is 176 Å². The second kappa shape index (κ2) is 8.36. The van der Waals surface area contributed by atoms with Crippen molar-refractivity contribution in [3.8, 4) is 11.4 Å². The topological polar surface area (TPSA) is 125 Å². The van der Waals surface area contributed by atoms with E-state index in [-0.39, 0.29) is 35.6 Å². The lowest BCUT2D eigenvalue weighted by Gasteiger charge is -2.14. The van der Waals surface area contributed by atoms with E-state index in [1.165, 1.54) is 33.9 Å². The van der Waals surface area contributed by atoms with Crippen molar-refractivity contribution in [3.63, 3.8) is 0 Å². The zero-order chi connectivity index (χ0) is 22.0. The van der Waals surface area contributed by atoms with Gasteiger partial charge in [0.1, 0.15) is 35.9 Å². The van der Waals surface area contributed by atoms with Gasteiger partial charge in [-0.05, 0) is 30.7 Å². The lowest BCUT2D eigenvalue weighted by molar-refractivity contribution is -0.384. The maximum atomic E-state index is 12.8. The lowest BCUT2D eigenvalue weighted by atomic mass is 10.2. The molecule has 31 heavy (non-hydrogen) atoms. The first-order chi connectivity index (χ1) is 14.9. The van der Waals surface area contributed by atoms with Crippen LogP contribution in [-0.4, -0.2) is 42.1 Å². The number of aryl methyl sites for hydroxylation is 1. The van der Waals surface area contributed by atoms with Gasteiger partial charge in [0, 0.05) is 6.07 Å². The average Bonchev–Trinajstić information content (AvgIpc) is 3.19. The standard InChI is InChI=1S/C21H19N5O5/c1-14-5-4-6-16(9-14)31-12-15(27)11-24-13-22-20-17(21(24)28)10-23-25(20)18-7-2-3-8-19(18)26(29)30/h2-10,13,15,27H,11-12H2,1H3. The molecule has 0 amide bonds. The van der Waals surface area contributed by atoms with Crippen LogP contribution in [0.25, 0.3) is 16.7 Å². The van der Waals surface area contributed by atoms with Gasteiger partial charge < -0.3 is 9.84 Å². The maximum Gasteiger partial charge on any atom is 0.294 e. The minimum atomic E-state index is -0.942. The van der Waals surface area contributed by atoms with Gasteiger partial charge in [0.2, 0.25) is 0 Å². The van der Waals surface area contributed by atoms with Crippen molar-refractivity contribution >= 4 is 16.7 Å². The number of aliphatic hydroxyl groups is 1. The summed E-state index contributed by atoms with van der Waals surface area (Å²) in [5.74, 6) is 0.630. The van der Waals surface area contributed by atoms with Gasteiger partial charge in [0.25, 0.3) is 11.2 Å². The first kappa shape index (κ1) is 20.2. The zero-order valence-corrected chi connectivity index (χ0v) is 16.6. The minimum Gasteiger partial charge on any atom is -0.491 e. The van der Waals surface area contributed by atoms with E-state index in [0.29, 0.717) is 5.75 Å². The fraction of sp³-hybridized carbons (Fsp3) is 0.190. The quantitative estimate of drug-likeness (QED) is 0.358. The fourth-order valence-corrected chi connectivity index (χ4v) is 3.23. The molecule has 4 rings (SSSR count). The van der Waals surface area contributed by atoms with Gasteiger partial charge in [0.15, 0.2) is 5.65 Å². The number of nitro benzene ring substituents is 1. The molecule has 2 aromatic carbocycles. The molecular weight excluding hydrogens is 402 g/mol. The number of ether oxygens (including phenoxy) is 1.